The number of hydrogen-bond donors (Lipinski definition) is 1. The molecule has 0 bridgehead atoms. The van der Waals surface area contributed by atoms with Crippen LogP contribution in [0.3, 0.4) is 0 Å². The van der Waals surface area contributed by atoms with E-state index in [2.05, 4.69) is 30.6 Å². The van der Waals surface area contributed by atoms with E-state index < -0.39 is 0 Å². The van der Waals surface area contributed by atoms with Gasteiger partial charge in [0.05, 0.1) is 0 Å². The highest BCUT2D eigenvalue weighted by molar-refractivity contribution is 7.99. The zero-order valence-electron chi connectivity index (χ0n) is 11.2. The average Bonchev–Trinajstić information content (AvgIpc) is 2.38. The lowest BCUT2D eigenvalue weighted by molar-refractivity contribution is 0.379. The van der Waals surface area contributed by atoms with Gasteiger partial charge in [-0.3, -0.25) is 0 Å². The minimum atomic E-state index is 0.672. The van der Waals surface area contributed by atoms with Gasteiger partial charge in [-0.05, 0) is 56.1 Å². The zero-order valence-corrected chi connectivity index (χ0v) is 12.8. The number of halogens is 1. The van der Waals surface area contributed by atoms with Crippen molar-refractivity contribution in [1.29, 1.82) is 0 Å². The van der Waals surface area contributed by atoms with Crippen LogP contribution in [0, 0.1) is 6.92 Å². The molecule has 2 rings (SSSR count). The molecule has 0 aliphatic heterocycles. The van der Waals surface area contributed by atoms with E-state index in [0.29, 0.717) is 6.04 Å². The molecular weight excluding hydrogens is 262 g/mol. The predicted octanol–water partition coefficient (Wildman–Crippen LogP) is 4.41. The van der Waals surface area contributed by atoms with Crippen LogP contribution in [0.15, 0.2) is 18.2 Å². The molecule has 0 amide bonds. The van der Waals surface area contributed by atoms with E-state index in [9.17, 15) is 0 Å². The average molecular weight is 284 g/mol. The second kappa shape index (κ2) is 6.83. The molecule has 1 nitrogen and oxygen atoms in total. The summed E-state index contributed by atoms with van der Waals surface area (Å²) >= 11 is 8.27. The van der Waals surface area contributed by atoms with E-state index in [0.717, 1.165) is 16.8 Å². The second-order valence-corrected chi connectivity index (χ2v) is 6.73. The lowest BCUT2D eigenvalue weighted by atomic mass is 9.95. The van der Waals surface area contributed by atoms with Gasteiger partial charge in [0.15, 0.2) is 0 Å². The van der Waals surface area contributed by atoms with Crippen molar-refractivity contribution < 1.29 is 0 Å². The van der Waals surface area contributed by atoms with Crippen molar-refractivity contribution >= 4 is 23.4 Å². The number of hydrogen-bond acceptors (Lipinski definition) is 2. The van der Waals surface area contributed by atoms with Gasteiger partial charge in [0.1, 0.15) is 0 Å². The molecule has 1 aliphatic carbocycles. The zero-order chi connectivity index (χ0) is 13.0. The molecule has 1 fully saturated rings. The second-order valence-electron chi connectivity index (χ2n) is 5.19. The molecule has 1 N–H and O–H groups in total. The lowest BCUT2D eigenvalue weighted by Crippen LogP contribution is -2.33. The lowest BCUT2D eigenvalue weighted by Gasteiger charge is -2.28. The van der Waals surface area contributed by atoms with E-state index in [1.807, 2.05) is 17.8 Å². The van der Waals surface area contributed by atoms with E-state index in [4.69, 9.17) is 11.6 Å². The highest BCUT2D eigenvalue weighted by atomic mass is 35.5. The van der Waals surface area contributed by atoms with Crippen LogP contribution in [0.2, 0.25) is 5.02 Å². The number of nitrogens with one attached hydrogen (secondary N) is 1. The first kappa shape index (κ1) is 14.2. The molecule has 0 radical (unpaired) electrons. The summed E-state index contributed by atoms with van der Waals surface area (Å²) in [4.78, 5) is 0. The van der Waals surface area contributed by atoms with E-state index in [1.165, 1.54) is 36.8 Å². The summed E-state index contributed by atoms with van der Waals surface area (Å²) in [5.41, 5.74) is 2.44. The Morgan fingerprint density at radius 1 is 1.28 bits per heavy atom. The summed E-state index contributed by atoms with van der Waals surface area (Å²) in [7, 11) is 0. The molecule has 0 atom stereocenters. The van der Waals surface area contributed by atoms with E-state index in [-0.39, 0.29) is 0 Å². The van der Waals surface area contributed by atoms with Crippen molar-refractivity contribution in [3.05, 3.63) is 34.3 Å². The fourth-order valence-corrected chi connectivity index (χ4v) is 3.60. The van der Waals surface area contributed by atoms with Crippen LogP contribution >= 0.6 is 23.4 Å². The Morgan fingerprint density at radius 2 is 2.00 bits per heavy atom. The van der Waals surface area contributed by atoms with Crippen LogP contribution in [-0.4, -0.2) is 17.5 Å². The maximum absolute atomic E-state index is 6.25. The van der Waals surface area contributed by atoms with Crippen molar-refractivity contribution in [3.8, 4) is 0 Å². The monoisotopic (exact) mass is 283 g/mol. The molecule has 18 heavy (non-hydrogen) atoms. The Morgan fingerprint density at radius 3 is 2.61 bits per heavy atom. The fourth-order valence-electron chi connectivity index (χ4n) is 2.55. The Bertz CT molecular complexity index is 386. The molecule has 1 saturated carbocycles. The third kappa shape index (κ3) is 3.91. The predicted molar refractivity (Wildman–Crippen MR) is 82.6 cm³/mol. The maximum atomic E-state index is 6.25. The Kier molecular flexibility index (Phi) is 5.40. The molecule has 0 spiro atoms. The molecule has 1 aromatic carbocycles. The summed E-state index contributed by atoms with van der Waals surface area (Å²) in [5, 5.41) is 5.42. The normalized spacial score (nSPS) is 24.2. The number of rotatable bonds is 4. The van der Waals surface area contributed by atoms with Crippen LogP contribution in [0.1, 0.15) is 36.8 Å². The quantitative estimate of drug-likeness (QED) is 0.878. The van der Waals surface area contributed by atoms with Crippen LogP contribution in [0.25, 0.3) is 0 Å². The Balaban J connectivity index is 1.81. The molecule has 1 aliphatic rings. The first-order chi connectivity index (χ1) is 8.69. The van der Waals surface area contributed by atoms with E-state index >= 15 is 0 Å². The number of thioether (sulfide) groups is 1. The minimum Gasteiger partial charge on any atom is -0.310 e. The van der Waals surface area contributed by atoms with Gasteiger partial charge in [0, 0.05) is 22.9 Å². The van der Waals surface area contributed by atoms with Crippen LogP contribution in [0.5, 0.6) is 0 Å². The van der Waals surface area contributed by atoms with Crippen LogP contribution in [-0.2, 0) is 6.54 Å². The molecule has 100 valence electrons. The summed E-state index contributed by atoms with van der Waals surface area (Å²) in [6, 6.07) is 6.99. The van der Waals surface area contributed by atoms with Gasteiger partial charge in [-0.25, -0.2) is 0 Å². The third-order valence-electron chi connectivity index (χ3n) is 3.80. The van der Waals surface area contributed by atoms with Gasteiger partial charge in [0.2, 0.25) is 0 Å². The summed E-state index contributed by atoms with van der Waals surface area (Å²) < 4.78 is 0. The summed E-state index contributed by atoms with van der Waals surface area (Å²) in [6.45, 7) is 2.97. The van der Waals surface area contributed by atoms with Gasteiger partial charge in [-0.15, -0.1) is 0 Å². The topological polar surface area (TPSA) is 12.0 Å². The Labute approximate surface area is 120 Å². The molecular formula is C15H22ClNS. The molecule has 0 saturated heterocycles. The van der Waals surface area contributed by atoms with Gasteiger partial charge < -0.3 is 5.32 Å². The van der Waals surface area contributed by atoms with Crippen LogP contribution in [0.4, 0.5) is 0 Å². The van der Waals surface area contributed by atoms with Crippen molar-refractivity contribution in [2.45, 2.75) is 50.4 Å². The largest absolute Gasteiger partial charge is 0.310 e. The minimum absolute atomic E-state index is 0.672. The van der Waals surface area contributed by atoms with Crippen molar-refractivity contribution in [3.63, 3.8) is 0 Å². The van der Waals surface area contributed by atoms with E-state index in [1.54, 1.807) is 0 Å². The highest BCUT2D eigenvalue weighted by Gasteiger charge is 2.19. The van der Waals surface area contributed by atoms with Crippen LogP contribution < -0.4 is 5.32 Å². The van der Waals surface area contributed by atoms with Crippen molar-refractivity contribution in [2.75, 3.05) is 6.26 Å². The molecule has 0 aromatic heterocycles. The highest BCUT2D eigenvalue weighted by Crippen LogP contribution is 2.27. The maximum Gasteiger partial charge on any atom is 0.0453 e. The van der Waals surface area contributed by atoms with Gasteiger partial charge in [-0.1, -0.05) is 23.7 Å². The Hall–Kier alpha value is -0.180. The molecule has 1 aromatic rings. The molecule has 0 unspecified atom stereocenters. The number of aryl methyl sites for hydroxylation is 1. The number of benzene rings is 1. The van der Waals surface area contributed by atoms with Gasteiger partial charge >= 0.3 is 0 Å². The third-order valence-corrected chi connectivity index (χ3v) is 5.29. The first-order valence-corrected chi connectivity index (χ1v) is 8.37. The van der Waals surface area contributed by atoms with Crippen molar-refractivity contribution in [2.24, 2.45) is 0 Å². The SMILES string of the molecule is CSC1CCC(NCc2ccc(C)cc2Cl)CC1. The van der Waals surface area contributed by atoms with Gasteiger partial charge in [0.25, 0.3) is 0 Å². The fraction of sp³-hybridized carbons (Fsp3) is 0.600. The first-order valence-electron chi connectivity index (χ1n) is 6.70. The standard InChI is InChI=1S/C15H22ClNS/c1-11-3-4-12(15(16)9-11)10-17-13-5-7-14(18-2)8-6-13/h3-4,9,13-14,17H,5-8,10H2,1-2H3. The smallest absolute Gasteiger partial charge is 0.0453 e. The summed E-state index contributed by atoms with van der Waals surface area (Å²) in [6.07, 6.45) is 7.52. The summed E-state index contributed by atoms with van der Waals surface area (Å²) in [5.74, 6) is 0. The molecule has 0 heterocycles. The van der Waals surface area contributed by atoms with Crippen molar-refractivity contribution in [1.82, 2.24) is 5.32 Å². The van der Waals surface area contributed by atoms with Gasteiger partial charge in [-0.2, -0.15) is 11.8 Å². The molecule has 3 heteroatoms.